The van der Waals surface area contributed by atoms with Crippen LogP contribution in [0.15, 0.2) is 0 Å². The number of nitrogens with one attached hydrogen (secondary N) is 1. The summed E-state index contributed by atoms with van der Waals surface area (Å²) in [7, 11) is 0. The molecule has 0 aromatic rings. The highest BCUT2D eigenvalue weighted by atomic mass is 14.9. The van der Waals surface area contributed by atoms with E-state index < -0.39 is 0 Å². The quantitative estimate of drug-likeness (QED) is 0.619. The van der Waals surface area contributed by atoms with E-state index in [2.05, 4.69) is 33.0 Å². The lowest BCUT2D eigenvalue weighted by atomic mass is 10.1. The molecule has 0 fully saturated rings. The van der Waals surface area contributed by atoms with Gasteiger partial charge in [-0.05, 0) is 26.2 Å². The first-order valence-corrected chi connectivity index (χ1v) is 5.50. The molecule has 0 aromatic carbocycles. The average molecular weight is 171 g/mol. The average Bonchev–Trinajstić information content (AvgIpc) is 2.04. The Morgan fingerprint density at radius 2 is 1.58 bits per heavy atom. The van der Waals surface area contributed by atoms with Crippen LogP contribution in [-0.2, 0) is 0 Å². The molecule has 12 heavy (non-hydrogen) atoms. The van der Waals surface area contributed by atoms with E-state index in [9.17, 15) is 0 Å². The van der Waals surface area contributed by atoms with Gasteiger partial charge in [0.1, 0.15) is 0 Å². The Kier molecular flexibility index (Phi) is 7.58. The molecule has 1 N–H and O–H groups in total. The van der Waals surface area contributed by atoms with Crippen molar-refractivity contribution in [2.24, 2.45) is 0 Å². The molecule has 0 aliphatic rings. The molecule has 74 valence electrons. The van der Waals surface area contributed by atoms with Crippen molar-refractivity contribution < 1.29 is 0 Å². The first kappa shape index (κ1) is 12.0. The minimum atomic E-state index is 0.700. The second-order valence-electron chi connectivity index (χ2n) is 3.75. The van der Waals surface area contributed by atoms with Gasteiger partial charge in [-0.2, -0.15) is 0 Å². The van der Waals surface area contributed by atoms with Gasteiger partial charge in [0, 0.05) is 12.1 Å². The second kappa shape index (κ2) is 7.60. The Bertz CT molecular complexity index is 91.0. The summed E-state index contributed by atoms with van der Waals surface area (Å²) in [6, 6.07) is 1.45. The molecule has 1 nitrogen and oxygen atoms in total. The molecule has 1 heteroatoms. The van der Waals surface area contributed by atoms with Gasteiger partial charge in [0.15, 0.2) is 0 Å². The van der Waals surface area contributed by atoms with Gasteiger partial charge < -0.3 is 5.32 Å². The summed E-state index contributed by atoms with van der Waals surface area (Å²) in [4.78, 5) is 0. The highest BCUT2D eigenvalue weighted by Crippen LogP contribution is 2.04. The van der Waals surface area contributed by atoms with Crippen molar-refractivity contribution in [1.82, 2.24) is 5.32 Å². The molecular formula is C11H25N. The van der Waals surface area contributed by atoms with Crippen LogP contribution in [0.3, 0.4) is 0 Å². The molecule has 0 rings (SSSR count). The molecule has 0 aliphatic carbocycles. The normalized spacial score (nSPS) is 16.0. The van der Waals surface area contributed by atoms with Gasteiger partial charge in [-0.3, -0.25) is 0 Å². The number of rotatable bonds is 7. The zero-order valence-electron chi connectivity index (χ0n) is 9.19. The van der Waals surface area contributed by atoms with Gasteiger partial charge in [0.2, 0.25) is 0 Å². The van der Waals surface area contributed by atoms with Crippen molar-refractivity contribution in [3.8, 4) is 0 Å². The van der Waals surface area contributed by atoms with Gasteiger partial charge in [-0.15, -0.1) is 0 Å². The Balaban J connectivity index is 3.53. The highest BCUT2D eigenvalue weighted by molar-refractivity contribution is 4.69. The van der Waals surface area contributed by atoms with E-state index in [-0.39, 0.29) is 0 Å². The molecule has 0 aromatic heterocycles. The van der Waals surface area contributed by atoms with Crippen LogP contribution in [0.1, 0.15) is 59.8 Å². The third kappa shape index (κ3) is 5.59. The summed E-state index contributed by atoms with van der Waals surface area (Å²) in [5.41, 5.74) is 0. The maximum absolute atomic E-state index is 3.67. The van der Waals surface area contributed by atoms with Crippen molar-refractivity contribution >= 4 is 0 Å². The molecule has 0 saturated carbocycles. The maximum Gasteiger partial charge on any atom is 0.00668 e. The molecule has 0 bridgehead atoms. The first-order chi connectivity index (χ1) is 5.74. The van der Waals surface area contributed by atoms with E-state index in [4.69, 9.17) is 0 Å². The van der Waals surface area contributed by atoms with Crippen LogP contribution in [-0.4, -0.2) is 12.1 Å². The Labute approximate surface area is 77.9 Å². The molecule has 0 aliphatic heterocycles. The third-order valence-corrected chi connectivity index (χ3v) is 2.37. The first-order valence-electron chi connectivity index (χ1n) is 5.50. The van der Waals surface area contributed by atoms with Crippen LogP contribution in [0.5, 0.6) is 0 Å². The smallest absolute Gasteiger partial charge is 0.00668 e. The monoisotopic (exact) mass is 171 g/mol. The Morgan fingerprint density at radius 3 is 2.00 bits per heavy atom. The number of hydrogen-bond donors (Lipinski definition) is 1. The maximum atomic E-state index is 3.67. The lowest BCUT2D eigenvalue weighted by Gasteiger charge is -2.21. The SMILES string of the molecule is CCCC(C)NC(CC)CCC. The molecule has 0 amide bonds. The molecule has 0 spiro atoms. The molecule has 2 atom stereocenters. The van der Waals surface area contributed by atoms with Crippen molar-refractivity contribution in [3.63, 3.8) is 0 Å². The predicted molar refractivity (Wildman–Crippen MR) is 56.5 cm³/mol. The summed E-state index contributed by atoms with van der Waals surface area (Å²) in [5, 5.41) is 3.67. The topological polar surface area (TPSA) is 12.0 Å². The fraction of sp³-hybridized carbons (Fsp3) is 1.00. The van der Waals surface area contributed by atoms with Crippen LogP contribution in [0.4, 0.5) is 0 Å². The van der Waals surface area contributed by atoms with E-state index in [0.717, 1.165) is 6.04 Å². The van der Waals surface area contributed by atoms with Crippen molar-refractivity contribution in [2.45, 2.75) is 71.9 Å². The van der Waals surface area contributed by atoms with E-state index >= 15 is 0 Å². The van der Waals surface area contributed by atoms with Crippen LogP contribution in [0, 0.1) is 0 Å². The van der Waals surface area contributed by atoms with E-state index in [0.29, 0.717) is 6.04 Å². The summed E-state index contributed by atoms with van der Waals surface area (Å²) < 4.78 is 0. The van der Waals surface area contributed by atoms with Gasteiger partial charge in [-0.25, -0.2) is 0 Å². The summed E-state index contributed by atoms with van der Waals surface area (Å²) >= 11 is 0. The Hall–Kier alpha value is -0.0400. The number of hydrogen-bond acceptors (Lipinski definition) is 1. The van der Waals surface area contributed by atoms with Crippen LogP contribution >= 0.6 is 0 Å². The van der Waals surface area contributed by atoms with Gasteiger partial charge in [0.25, 0.3) is 0 Å². The summed E-state index contributed by atoms with van der Waals surface area (Å²) in [5.74, 6) is 0. The van der Waals surface area contributed by atoms with Crippen LogP contribution < -0.4 is 5.32 Å². The van der Waals surface area contributed by atoms with Gasteiger partial charge >= 0.3 is 0 Å². The van der Waals surface area contributed by atoms with E-state index in [1.54, 1.807) is 0 Å². The summed E-state index contributed by atoms with van der Waals surface area (Å²) in [6.07, 6.45) is 6.48. The molecule has 0 saturated heterocycles. The fourth-order valence-electron chi connectivity index (χ4n) is 1.67. The van der Waals surface area contributed by atoms with Crippen LogP contribution in [0.2, 0.25) is 0 Å². The molecule has 0 heterocycles. The minimum absolute atomic E-state index is 0.700. The standard InChI is InChI=1S/C11H25N/c1-5-8-10(4)12-11(7-3)9-6-2/h10-12H,5-9H2,1-4H3. The highest BCUT2D eigenvalue weighted by Gasteiger charge is 2.07. The Morgan fingerprint density at radius 1 is 1.00 bits per heavy atom. The van der Waals surface area contributed by atoms with Gasteiger partial charge in [-0.1, -0.05) is 33.6 Å². The lowest BCUT2D eigenvalue weighted by molar-refractivity contribution is 0.394. The summed E-state index contributed by atoms with van der Waals surface area (Å²) in [6.45, 7) is 9.07. The minimum Gasteiger partial charge on any atom is -0.312 e. The molecule has 2 unspecified atom stereocenters. The van der Waals surface area contributed by atoms with Crippen molar-refractivity contribution in [3.05, 3.63) is 0 Å². The second-order valence-corrected chi connectivity index (χ2v) is 3.75. The molecule has 0 radical (unpaired) electrons. The zero-order valence-corrected chi connectivity index (χ0v) is 9.19. The predicted octanol–water partition coefficient (Wildman–Crippen LogP) is 3.34. The van der Waals surface area contributed by atoms with E-state index in [1.165, 1.54) is 32.1 Å². The van der Waals surface area contributed by atoms with Crippen molar-refractivity contribution in [1.29, 1.82) is 0 Å². The third-order valence-electron chi connectivity index (χ3n) is 2.37. The van der Waals surface area contributed by atoms with Crippen molar-refractivity contribution in [2.75, 3.05) is 0 Å². The van der Waals surface area contributed by atoms with Gasteiger partial charge in [0.05, 0.1) is 0 Å². The van der Waals surface area contributed by atoms with Crippen LogP contribution in [0.25, 0.3) is 0 Å². The fourth-order valence-corrected chi connectivity index (χ4v) is 1.67. The molecular weight excluding hydrogens is 146 g/mol. The van der Waals surface area contributed by atoms with E-state index in [1.807, 2.05) is 0 Å². The largest absolute Gasteiger partial charge is 0.312 e. The zero-order chi connectivity index (χ0) is 9.40. The lowest BCUT2D eigenvalue weighted by Crippen LogP contribution is -2.35.